The fourth-order valence-corrected chi connectivity index (χ4v) is 4.08. The van der Waals surface area contributed by atoms with Crippen LogP contribution in [0.25, 0.3) is 43.1 Å². The maximum Gasteiger partial charge on any atom is 0.100 e. The summed E-state index contributed by atoms with van der Waals surface area (Å²) in [4.78, 5) is 0. The molecule has 0 saturated carbocycles. The molecule has 0 heterocycles. The average molecular weight is 328 g/mol. The lowest BCUT2D eigenvalue weighted by atomic mass is 9.86. The van der Waals surface area contributed by atoms with Crippen molar-refractivity contribution in [3.63, 3.8) is 0 Å². The molecule has 0 fully saturated rings. The molecule has 0 spiro atoms. The minimum Gasteiger partial charge on any atom is -0.192 e. The molecule has 26 heavy (non-hydrogen) atoms. The Hall–Kier alpha value is -3.88. The molecule has 0 aromatic heterocycles. The SMILES string of the molecule is N#Cc1c2ccccc2c(C#N)c2c3ccccc3c3ccccc3c12. The molecule has 0 radical (unpaired) electrons. The summed E-state index contributed by atoms with van der Waals surface area (Å²) in [6, 6.07) is 28.8. The summed E-state index contributed by atoms with van der Waals surface area (Å²) in [5.41, 5.74) is 1.27. The first-order chi connectivity index (χ1) is 12.8. The first-order valence-electron chi connectivity index (χ1n) is 8.43. The lowest BCUT2D eigenvalue weighted by Crippen LogP contribution is -1.93. The van der Waals surface area contributed by atoms with Gasteiger partial charge >= 0.3 is 0 Å². The van der Waals surface area contributed by atoms with Crippen molar-refractivity contribution in [2.24, 2.45) is 0 Å². The normalized spacial score (nSPS) is 11.0. The molecule has 0 aliphatic heterocycles. The Morgan fingerprint density at radius 3 is 1.08 bits per heavy atom. The molecule has 5 rings (SSSR count). The highest BCUT2D eigenvalue weighted by Gasteiger charge is 2.18. The molecule has 5 aromatic carbocycles. The van der Waals surface area contributed by atoms with Gasteiger partial charge in [0.05, 0.1) is 11.1 Å². The first-order valence-corrected chi connectivity index (χ1v) is 8.43. The van der Waals surface area contributed by atoms with Gasteiger partial charge in [0.1, 0.15) is 12.1 Å². The van der Waals surface area contributed by atoms with Crippen molar-refractivity contribution in [1.82, 2.24) is 0 Å². The Kier molecular flexibility index (Phi) is 2.95. The van der Waals surface area contributed by atoms with Gasteiger partial charge < -0.3 is 0 Å². The molecule has 0 aliphatic carbocycles. The van der Waals surface area contributed by atoms with E-state index in [2.05, 4.69) is 24.3 Å². The van der Waals surface area contributed by atoms with E-state index in [1.807, 2.05) is 60.7 Å². The van der Waals surface area contributed by atoms with Gasteiger partial charge in [-0.25, -0.2) is 0 Å². The van der Waals surface area contributed by atoms with Crippen molar-refractivity contribution >= 4 is 43.1 Å². The average Bonchev–Trinajstić information content (AvgIpc) is 2.72. The largest absolute Gasteiger partial charge is 0.192 e. The summed E-state index contributed by atoms with van der Waals surface area (Å²) in [6.45, 7) is 0. The van der Waals surface area contributed by atoms with Gasteiger partial charge in [-0.3, -0.25) is 0 Å². The van der Waals surface area contributed by atoms with Crippen LogP contribution in [0, 0.1) is 22.7 Å². The van der Waals surface area contributed by atoms with Crippen LogP contribution in [-0.4, -0.2) is 0 Å². The highest BCUT2D eigenvalue weighted by atomic mass is 14.3. The van der Waals surface area contributed by atoms with Crippen molar-refractivity contribution < 1.29 is 0 Å². The molecule has 0 saturated heterocycles. The molecule has 0 unspecified atom stereocenters. The molecule has 0 amide bonds. The minimum absolute atomic E-state index is 0.636. The summed E-state index contributed by atoms with van der Waals surface area (Å²) in [5.74, 6) is 0. The third-order valence-corrected chi connectivity index (χ3v) is 5.12. The van der Waals surface area contributed by atoms with Gasteiger partial charge in [-0.05, 0) is 21.5 Å². The van der Waals surface area contributed by atoms with E-state index in [1.165, 1.54) is 0 Å². The lowest BCUT2D eigenvalue weighted by Gasteiger charge is -2.15. The van der Waals surface area contributed by atoms with Gasteiger partial charge in [0.25, 0.3) is 0 Å². The smallest absolute Gasteiger partial charge is 0.100 e. The van der Waals surface area contributed by atoms with Gasteiger partial charge in [0.2, 0.25) is 0 Å². The van der Waals surface area contributed by atoms with E-state index in [9.17, 15) is 10.5 Å². The first kappa shape index (κ1) is 14.5. The molecular formula is C24H12N2. The fourth-order valence-electron chi connectivity index (χ4n) is 4.08. The molecule has 118 valence electrons. The van der Waals surface area contributed by atoms with Crippen LogP contribution < -0.4 is 0 Å². The number of fused-ring (bicyclic) bond motifs is 7. The van der Waals surface area contributed by atoms with Crippen LogP contribution in [-0.2, 0) is 0 Å². The maximum absolute atomic E-state index is 10.00. The van der Waals surface area contributed by atoms with Crippen molar-refractivity contribution in [3.05, 3.63) is 83.9 Å². The third-order valence-electron chi connectivity index (χ3n) is 5.12. The van der Waals surface area contributed by atoms with Crippen LogP contribution in [0.5, 0.6) is 0 Å². The van der Waals surface area contributed by atoms with E-state index in [0.717, 1.165) is 43.1 Å². The van der Waals surface area contributed by atoms with Gasteiger partial charge in [0, 0.05) is 21.5 Å². The number of benzene rings is 5. The fraction of sp³-hybridized carbons (Fsp3) is 0. The Morgan fingerprint density at radius 1 is 0.423 bits per heavy atom. The van der Waals surface area contributed by atoms with Gasteiger partial charge in [-0.1, -0.05) is 72.8 Å². The number of nitrogens with zero attached hydrogens (tertiary/aromatic N) is 2. The second-order valence-electron chi connectivity index (χ2n) is 6.36. The highest BCUT2D eigenvalue weighted by Crippen LogP contribution is 2.41. The number of nitriles is 2. The number of hydrogen-bond acceptors (Lipinski definition) is 2. The zero-order valence-electron chi connectivity index (χ0n) is 13.8. The van der Waals surface area contributed by atoms with Gasteiger partial charge in [0.15, 0.2) is 0 Å². The molecule has 0 N–H and O–H groups in total. The Bertz CT molecular complexity index is 1340. The van der Waals surface area contributed by atoms with E-state index in [4.69, 9.17) is 0 Å². The van der Waals surface area contributed by atoms with Gasteiger partial charge in [-0.2, -0.15) is 10.5 Å². The van der Waals surface area contributed by atoms with Crippen molar-refractivity contribution in [1.29, 1.82) is 10.5 Å². The second kappa shape index (κ2) is 5.31. The topological polar surface area (TPSA) is 47.6 Å². The van der Waals surface area contributed by atoms with Crippen molar-refractivity contribution in [2.75, 3.05) is 0 Å². The van der Waals surface area contributed by atoms with Crippen LogP contribution >= 0.6 is 0 Å². The van der Waals surface area contributed by atoms with Crippen molar-refractivity contribution in [3.8, 4) is 12.1 Å². The molecule has 0 aliphatic rings. The molecule has 2 nitrogen and oxygen atoms in total. The Labute approximate surface area is 150 Å². The van der Waals surface area contributed by atoms with E-state index in [-0.39, 0.29) is 0 Å². The summed E-state index contributed by atoms with van der Waals surface area (Å²) >= 11 is 0. The summed E-state index contributed by atoms with van der Waals surface area (Å²) in [5, 5.41) is 27.6. The minimum atomic E-state index is 0.636. The predicted octanol–water partition coefficient (Wildman–Crippen LogP) is 6.04. The van der Waals surface area contributed by atoms with E-state index in [0.29, 0.717) is 11.1 Å². The Balaban J connectivity index is 2.31. The van der Waals surface area contributed by atoms with Crippen molar-refractivity contribution in [2.45, 2.75) is 0 Å². The highest BCUT2D eigenvalue weighted by molar-refractivity contribution is 6.31. The molecule has 0 atom stereocenters. The third kappa shape index (κ3) is 1.73. The zero-order chi connectivity index (χ0) is 17.7. The molecule has 5 aromatic rings. The van der Waals surface area contributed by atoms with Crippen LogP contribution in [0.4, 0.5) is 0 Å². The maximum atomic E-state index is 10.00. The standard InChI is InChI=1S/C24H12N2/c25-13-21-17-9-1-2-10-18(17)22(14-26)24-20-12-6-4-8-16(20)15-7-3-5-11-19(15)23(21)24/h1-12H. The predicted molar refractivity (Wildman–Crippen MR) is 106 cm³/mol. The van der Waals surface area contributed by atoms with Crippen LogP contribution in [0.3, 0.4) is 0 Å². The number of hydrogen-bond donors (Lipinski definition) is 0. The Morgan fingerprint density at radius 2 is 0.731 bits per heavy atom. The second-order valence-corrected chi connectivity index (χ2v) is 6.36. The van der Waals surface area contributed by atoms with Gasteiger partial charge in [-0.15, -0.1) is 0 Å². The van der Waals surface area contributed by atoms with Crippen LogP contribution in [0.15, 0.2) is 72.8 Å². The number of rotatable bonds is 0. The molecule has 0 bridgehead atoms. The van der Waals surface area contributed by atoms with Crippen LogP contribution in [0.1, 0.15) is 11.1 Å². The quantitative estimate of drug-likeness (QED) is 0.257. The summed E-state index contributed by atoms with van der Waals surface area (Å²) < 4.78 is 0. The summed E-state index contributed by atoms with van der Waals surface area (Å²) in [7, 11) is 0. The zero-order valence-corrected chi connectivity index (χ0v) is 13.8. The van der Waals surface area contributed by atoms with E-state index < -0.39 is 0 Å². The summed E-state index contributed by atoms with van der Waals surface area (Å²) in [6.07, 6.45) is 0. The van der Waals surface area contributed by atoms with E-state index in [1.54, 1.807) is 0 Å². The monoisotopic (exact) mass is 328 g/mol. The van der Waals surface area contributed by atoms with E-state index >= 15 is 0 Å². The molecule has 2 heteroatoms. The van der Waals surface area contributed by atoms with Crippen LogP contribution in [0.2, 0.25) is 0 Å². The lowest BCUT2D eigenvalue weighted by molar-refractivity contribution is 1.50. The molecular weight excluding hydrogens is 316 g/mol.